The highest BCUT2D eigenvalue weighted by atomic mass is 32.2. The fourth-order valence-electron chi connectivity index (χ4n) is 1.13. The molecular formula is C11H14N2O3S. The van der Waals surface area contributed by atoms with Crippen LogP contribution in [0.15, 0.2) is 42.7 Å². The number of aryl methyl sites for hydroxylation is 1. The highest BCUT2D eigenvalue weighted by Gasteiger charge is 2.04. The molecule has 0 radical (unpaired) electrons. The van der Waals surface area contributed by atoms with Crippen LogP contribution in [0.25, 0.3) is 0 Å². The van der Waals surface area contributed by atoms with E-state index >= 15 is 0 Å². The van der Waals surface area contributed by atoms with Gasteiger partial charge < -0.3 is 4.98 Å². The molecule has 1 heterocycles. The minimum Gasteiger partial charge on any atom is -0.349 e. The summed E-state index contributed by atoms with van der Waals surface area (Å²) in [6.45, 7) is 1.92. The topological polar surface area (TPSA) is 83.0 Å². The Balaban J connectivity index is 0.000000202. The van der Waals surface area contributed by atoms with Gasteiger partial charge in [0.25, 0.3) is 10.1 Å². The third-order valence-corrected chi connectivity index (χ3v) is 2.52. The van der Waals surface area contributed by atoms with E-state index in [-0.39, 0.29) is 5.75 Å². The number of imidazole rings is 1. The number of hydrogen-bond donors (Lipinski definition) is 2. The fraction of sp³-hybridized carbons (Fsp3) is 0.182. The van der Waals surface area contributed by atoms with E-state index in [0.717, 1.165) is 5.82 Å². The van der Waals surface area contributed by atoms with Crippen molar-refractivity contribution in [1.29, 1.82) is 0 Å². The second kappa shape index (κ2) is 6.17. The fourth-order valence-corrected chi connectivity index (χ4v) is 1.74. The van der Waals surface area contributed by atoms with E-state index in [9.17, 15) is 8.42 Å². The molecule has 1 aromatic carbocycles. The van der Waals surface area contributed by atoms with Crippen molar-refractivity contribution in [2.45, 2.75) is 12.7 Å². The summed E-state index contributed by atoms with van der Waals surface area (Å²) in [6, 6.07) is 8.52. The third kappa shape index (κ3) is 6.49. The van der Waals surface area contributed by atoms with Gasteiger partial charge in [0.15, 0.2) is 0 Å². The molecule has 2 aromatic rings. The molecule has 92 valence electrons. The van der Waals surface area contributed by atoms with E-state index in [1.807, 2.05) is 6.92 Å². The van der Waals surface area contributed by atoms with Crippen molar-refractivity contribution in [2.24, 2.45) is 0 Å². The Labute approximate surface area is 100 Å². The summed E-state index contributed by atoms with van der Waals surface area (Å²) >= 11 is 0. The van der Waals surface area contributed by atoms with Gasteiger partial charge in [-0.25, -0.2) is 4.98 Å². The van der Waals surface area contributed by atoms with Crippen LogP contribution in [0.4, 0.5) is 0 Å². The van der Waals surface area contributed by atoms with Crippen LogP contribution >= 0.6 is 0 Å². The third-order valence-electron chi connectivity index (χ3n) is 1.83. The molecule has 0 aliphatic heterocycles. The lowest BCUT2D eigenvalue weighted by atomic mass is 10.2. The summed E-state index contributed by atoms with van der Waals surface area (Å²) in [5.74, 6) is 0.656. The van der Waals surface area contributed by atoms with Crippen LogP contribution in [0.1, 0.15) is 11.4 Å². The van der Waals surface area contributed by atoms with Gasteiger partial charge in [0.05, 0.1) is 0 Å². The summed E-state index contributed by atoms with van der Waals surface area (Å²) in [7, 11) is -3.88. The van der Waals surface area contributed by atoms with Crippen molar-refractivity contribution < 1.29 is 13.0 Å². The lowest BCUT2D eigenvalue weighted by Gasteiger charge is -1.95. The normalized spacial score (nSPS) is 10.5. The summed E-state index contributed by atoms with van der Waals surface area (Å²) in [6.07, 6.45) is 3.53. The number of benzene rings is 1. The van der Waals surface area contributed by atoms with Crippen molar-refractivity contribution in [1.82, 2.24) is 9.97 Å². The zero-order valence-electron chi connectivity index (χ0n) is 9.37. The molecule has 6 heteroatoms. The van der Waals surface area contributed by atoms with Crippen LogP contribution in [0.3, 0.4) is 0 Å². The molecular weight excluding hydrogens is 240 g/mol. The summed E-state index contributed by atoms with van der Waals surface area (Å²) in [4.78, 5) is 6.75. The molecule has 0 aliphatic rings. The first-order valence-electron chi connectivity index (χ1n) is 4.92. The molecule has 0 saturated heterocycles. The number of hydrogen-bond acceptors (Lipinski definition) is 3. The van der Waals surface area contributed by atoms with Crippen molar-refractivity contribution in [3.05, 3.63) is 54.1 Å². The number of aromatic nitrogens is 2. The van der Waals surface area contributed by atoms with Crippen LogP contribution in [-0.4, -0.2) is 22.9 Å². The minimum atomic E-state index is -3.88. The van der Waals surface area contributed by atoms with Gasteiger partial charge in [-0.3, -0.25) is 4.55 Å². The second-order valence-corrected chi connectivity index (χ2v) is 4.84. The van der Waals surface area contributed by atoms with Gasteiger partial charge in [-0.2, -0.15) is 8.42 Å². The maximum atomic E-state index is 10.4. The maximum absolute atomic E-state index is 10.4. The smallest absolute Gasteiger partial charge is 0.269 e. The Morgan fingerprint density at radius 1 is 1.29 bits per heavy atom. The second-order valence-electron chi connectivity index (χ2n) is 3.39. The molecule has 0 bridgehead atoms. The lowest BCUT2D eigenvalue weighted by Crippen LogP contribution is -2.00. The molecule has 0 spiro atoms. The van der Waals surface area contributed by atoms with Crippen molar-refractivity contribution in [3.63, 3.8) is 0 Å². The zero-order valence-corrected chi connectivity index (χ0v) is 10.2. The van der Waals surface area contributed by atoms with Gasteiger partial charge in [-0.15, -0.1) is 0 Å². The van der Waals surface area contributed by atoms with Crippen LogP contribution in [0, 0.1) is 6.92 Å². The molecule has 0 unspecified atom stereocenters. The van der Waals surface area contributed by atoms with Gasteiger partial charge in [-0.05, 0) is 12.5 Å². The molecule has 0 atom stereocenters. The summed E-state index contributed by atoms with van der Waals surface area (Å²) < 4.78 is 29.2. The molecule has 0 aliphatic carbocycles. The van der Waals surface area contributed by atoms with E-state index < -0.39 is 10.1 Å². The van der Waals surface area contributed by atoms with Crippen LogP contribution in [0.2, 0.25) is 0 Å². The largest absolute Gasteiger partial charge is 0.349 e. The van der Waals surface area contributed by atoms with Crippen molar-refractivity contribution in [2.75, 3.05) is 0 Å². The number of nitrogens with one attached hydrogen (secondary N) is 1. The number of aromatic amines is 1. The van der Waals surface area contributed by atoms with Crippen molar-refractivity contribution in [3.8, 4) is 0 Å². The van der Waals surface area contributed by atoms with E-state index in [2.05, 4.69) is 9.97 Å². The highest BCUT2D eigenvalue weighted by molar-refractivity contribution is 7.85. The van der Waals surface area contributed by atoms with Crippen LogP contribution < -0.4 is 0 Å². The number of nitrogens with zero attached hydrogens (tertiary/aromatic N) is 1. The summed E-state index contributed by atoms with van der Waals surface area (Å²) in [5.41, 5.74) is 0.593. The first-order chi connectivity index (χ1) is 7.97. The number of H-pyrrole nitrogens is 1. The van der Waals surface area contributed by atoms with E-state index in [0.29, 0.717) is 5.56 Å². The van der Waals surface area contributed by atoms with Crippen LogP contribution in [-0.2, 0) is 15.9 Å². The molecule has 1 aromatic heterocycles. The average molecular weight is 254 g/mol. The molecule has 0 saturated carbocycles. The lowest BCUT2D eigenvalue weighted by molar-refractivity contribution is 0.482. The highest BCUT2D eigenvalue weighted by Crippen LogP contribution is 2.02. The van der Waals surface area contributed by atoms with Gasteiger partial charge in [0.1, 0.15) is 11.6 Å². The first-order valence-corrected chi connectivity index (χ1v) is 6.53. The SMILES string of the molecule is Cc1ncc[nH]1.O=S(=O)(O)Cc1ccccc1. The van der Waals surface area contributed by atoms with Crippen molar-refractivity contribution >= 4 is 10.1 Å². The standard InChI is InChI=1S/C7H8O3S.C4H6N2/c8-11(9,10)6-7-4-2-1-3-5-7;1-4-5-2-3-6-4/h1-5H,6H2,(H,8,9,10);2-3H,1H3,(H,5,6). The van der Waals surface area contributed by atoms with E-state index in [4.69, 9.17) is 4.55 Å². The Morgan fingerprint density at radius 2 is 1.94 bits per heavy atom. The molecule has 0 amide bonds. The van der Waals surface area contributed by atoms with Crippen LogP contribution in [0.5, 0.6) is 0 Å². The summed E-state index contributed by atoms with van der Waals surface area (Å²) in [5, 5.41) is 0. The van der Waals surface area contributed by atoms with Gasteiger partial charge in [0.2, 0.25) is 0 Å². The monoisotopic (exact) mass is 254 g/mol. The number of rotatable bonds is 2. The van der Waals surface area contributed by atoms with Gasteiger partial charge in [0, 0.05) is 12.4 Å². The molecule has 5 nitrogen and oxygen atoms in total. The predicted octanol–water partition coefficient (Wildman–Crippen LogP) is 1.79. The average Bonchev–Trinajstić information content (AvgIpc) is 2.69. The molecule has 2 N–H and O–H groups in total. The first kappa shape index (κ1) is 13.4. The molecule has 0 fully saturated rings. The Kier molecular flexibility index (Phi) is 4.86. The van der Waals surface area contributed by atoms with E-state index in [1.165, 1.54) is 0 Å². The quantitative estimate of drug-likeness (QED) is 0.800. The Bertz CT molecular complexity index is 521. The predicted molar refractivity (Wildman–Crippen MR) is 65.0 cm³/mol. The van der Waals surface area contributed by atoms with Gasteiger partial charge >= 0.3 is 0 Å². The maximum Gasteiger partial charge on any atom is 0.269 e. The van der Waals surface area contributed by atoms with Gasteiger partial charge in [-0.1, -0.05) is 30.3 Å². The molecule has 2 rings (SSSR count). The molecule has 17 heavy (non-hydrogen) atoms. The zero-order chi connectivity index (χ0) is 12.7. The Hall–Kier alpha value is -1.66. The Morgan fingerprint density at radius 3 is 2.29 bits per heavy atom. The van der Waals surface area contributed by atoms with E-state index in [1.54, 1.807) is 42.7 Å². The minimum absolute atomic E-state index is 0.312.